The Bertz CT molecular complexity index is 1260. The smallest absolute Gasteiger partial charge is 0.258 e. The molecule has 2 N–H and O–H groups in total. The van der Waals surface area contributed by atoms with Crippen LogP contribution >= 0.6 is 0 Å². The molecule has 8 nitrogen and oxygen atoms in total. The maximum absolute atomic E-state index is 14.5. The molecule has 0 fully saturated rings. The molecule has 3 heterocycles. The first-order valence-electron chi connectivity index (χ1n) is 9.49. The second-order valence-corrected chi connectivity index (χ2v) is 7.03. The number of amides is 1. The van der Waals surface area contributed by atoms with Crippen LogP contribution in [0.2, 0.25) is 0 Å². The first-order chi connectivity index (χ1) is 14.9. The third kappa shape index (κ3) is 3.59. The molecule has 0 radical (unpaired) electrons. The zero-order valence-electron chi connectivity index (χ0n) is 17.1. The molecular weight excluding hydrogens is 399 g/mol. The largest absolute Gasteiger partial charge is 0.496 e. The van der Waals surface area contributed by atoms with E-state index in [1.165, 1.54) is 24.1 Å². The summed E-state index contributed by atoms with van der Waals surface area (Å²) in [5.41, 5.74) is 3.35. The number of halogens is 1. The molecule has 0 saturated carbocycles. The summed E-state index contributed by atoms with van der Waals surface area (Å²) in [5.74, 6) is -0.412. The van der Waals surface area contributed by atoms with E-state index in [9.17, 15) is 9.18 Å². The zero-order valence-corrected chi connectivity index (χ0v) is 17.1. The SMILES string of the molecule is COc1cccc(F)c1-c1cc2c(cn1)NC(=O)/C2=C(/C)Nc1cnn([C@H](C)C#N)c1. The van der Waals surface area contributed by atoms with Gasteiger partial charge in [0.1, 0.15) is 17.6 Å². The van der Waals surface area contributed by atoms with Crippen LogP contribution in [0, 0.1) is 17.1 Å². The van der Waals surface area contributed by atoms with Gasteiger partial charge in [0, 0.05) is 17.5 Å². The van der Waals surface area contributed by atoms with Crippen molar-refractivity contribution in [2.75, 3.05) is 17.7 Å². The van der Waals surface area contributed by atoms with Crippen LogP contribution < -0.4 is 15.4 Å². The summed E-state index contributed by atoms with van der Waals surface area (Å²) in [6.07, 6.45) is 4.77. The van der Waals surface area contributed by atoms with Crippen molar-refractivity contribution in [1.29, 1.82) is 5.26 Å². The highest BCUT2D eigenvalue weighted by Gasteiger charge is 2.28. The summed E-state index contributed by atoms with van der Waals surface area (Å²) in [4.78, 5) is 17.0. The summed E-state index contributed by atoms with van der Waals surface area (Å²) in [7, 11) is 1.46. The summed E-state index contributed by atoms with van der Waals surface area (Å²) >= 11 is 0. The minimum atomic E-state index is -0.469. The maximum Gasteiger partial charge on any atom is 0.258 e. The van der Waals surface area contributed by atoms with Crippen molar-refractivity contribution in [1.82, 2.24) is 14.8 Å². The number of fused-ring (bicyclic) bond motifs is 1. The lowest BCUT2D eigenvalue weighted by atomic mass is 10.0. The van der Waals surface area contributed by atoms with Crippen LogP contribution in [0.15, 0.2) is 48.6 Å². The number of pyridine rings is 1. The Hall–Kier alpha value is -4.19. The Morgan fingerprint density at radius 3 is 2.94 bits per heavy atom. The molecule has 31 heavy (non-hydrogen) atoms. The lowest BCUT2D eigenvalue weighted by molar-refractivity contribution is -0.110. The molecule has 4 rings (SSSR count). The minimum absolute atomic E-state index is 0.226. The van der Waals surface area contributed by atoms with Gasteiger partial charge in [-0.15, -0.1) is 0 Å². The summed E-state index contributed by atoms with van der Waals surface area (Å²) in [6, 6.07) is 7.90. The molecule has 0 aliphatic carbocycles. The molecule has 3 aromatic rings. The number of ether oxygens (including phenoxy) is 1. The number of rotatable bonds is 5. The first kappa shape index (κ1) is 20.1. The van der Waals surface area contributed by atoms with Gasteiger partial charge in [0.25, 0.3) is 5.91 Å². The highest BCUT2D eigenvalue weighted by Crippen LogP contribution is 2.38. The standard InChI is InChI=1S/C22H19FN6O2/c1-12(8-24)29-11-14(9-26-29)27-13(2)20-15-7-17(25-10-18(15)28-22(20)30)21-16(23)5-4-6-19(21)31-3/h4-7,9-12,27H,1-3H3,(H,28,30)/b20-13-/t12-/m1/s1. The topological polar surface area (TPSA) is 105 Å². The van der Waals surface area contributed by atoms with Crippen molar-refractivity contribution in [3.05, 3.63) is 59.9 Å². The lowest BCUT2D eigenvalue weighted by Gasteiger charge is -2.11. The number of aromatic nitrogens is 3. The van der Waals surface area contributed by atoms with Crippen molar-refractivity contribution in [3.8, 4) is 23.1 Å². The molecule has 0 unspecified atom stereocenters. The van der Waals surface area contributed by atoms with Gasteiger partial charge in [0.15, 0.2) is 0 Å². The van der Waals surface area contributed by atoms with E-state index in [-0.39, 0.29) is 11.5 Å². The molecule has 1 aliphatic heterocycles. The number of hydrogen-bond donors (Lipinski definition) is 2. The highest BCUT2D eigenvalue weighted by molar-refractivity contribution is 6.32. The number of allylic oxidation sites excluding steroid dienone is 1. The van der Waals surface area contributed by atoms with Gasteiger partial charge in [-0.05, 0) is 32.0 Å². The number of nitrogens with zero attached hydrogens (tertiary/aromatic N) is 4. The molecule has 0 spiro atoms. The molecule has 1 atom stereocenters. The molecule has 1 aliphatic rings. The normalized spacial score (nSPS) is 15.0. The third-order valence-electron chi connectivity index (χ3n) is 4.99. The molecule has 1 amide bonds. The highest BCUT2D eigenvalue weighted by atomic mass is 19.1. The van der Waals surface area contributed by atoms with E-state index in [2.05, 4.69) is 26.8 Å². The van der Waals surface area contributed by atoms with Gasteiger partial charge in [-0.3, -0.25) is 14.5 Å². The van der Waals surface area contributed by atoms with Crippen LogP contribution in [-0.2, 0) is 4.79 Å². The molecule has 0 saturated heterocycles. The monoisotopic (exact) mass is 418 g/mol. The average molecular weight is 418 g/mol. The Labute approximate surface area is 178 Å². The number of anilines is 2. The fraction of sp³-hybridized carbons (Fsp3) is 0.182. The van der Waals surface area contributed by atoms with Crippen molar-refractivity contribution in [3.63, 3.8) is 0 Å². The van der Waals surface area contributed by atoms with Crippen molar-refractivity contribution >= 4 is 22.9 Å². The molecular formula is C22H19FN6O2. The number of hydrogen-bond acceptors (Lipinski definition) is 6. The Kier molecular flexibility index (Phi) is 5.13. The third-order valence-corrected chi connectivity index (χ3v) is 4.99. The number of carbonyl (C=O) groups is 1. The van der Waals surface area contributed by atoms with E-state index in [0.717, 1.165) is 0 Å². The summed E-state index contributed by atoms with van der Waals surface area (Å²) in [5, 5.41) is 19.1. The summed E-state index contributed by atoms with van der Waals surface area (Å²) in [6.45, 7) is 3.49. The van der Waals surface area contributed by atoms with Crippen LogP contribution in [0.5, 0.6) is 5.75 Å². The molecule has 156 valence electrons. The summed E-state index contributed by atoms with van der Waals surface area (Å²) < 4.78 is 21.3. The van der Waals surface area contributed by atoms with Crippen molar-refractivity contribution in [2.45, 2.75) is 19.9 Å². The quantitative estimate of drug-likeness (QED) is 0.608. The van der Waals surface area contributed by atoms with Crippen LogP contribution in [0.25, 0.3) is 16.8 Å². The van der Waals surface area contributed by atoms with Crippen LogP contribution in [0.1, 0.15) is 25.5 Å². The first-order valence-corrected chi connectivity index (χ1v) is 9.49. The van der Waals surface area contributed by atoms with E-state index in [4.69, 9.17) is 10.00 Å². The van der Waals surface area contributed by atoms with Gasteiger partial charge < -0.3 is 15.4 Å². The van der Waals surface area contributed by atoms with Crippen LogP contribution in [0.4, 0.5) is 15.8 Å². The molecule has 9 heteroatoms. The van der Waals surface area contributed by atoms with E-state index >= 15 is 0 Å². The van der Waals surface area contributed by atoms with E-state index in [1.807, 2.05) is 0 Å². The average Bonchev–Trinajstić information content (AvgIpc) is 3.35. The zero-order chi connectivity index (χ0) is 22.1. The molecule has 1 aromatic carbocycles. The second-order valence-electron chi connectivity index (χ2n) is 7.03. The second kappa shape index (κ2) is 7.91. The van der Waals surface area contributed by atoms with Gasteiger partial charge in [0.05, 0.1) is 53.8 Å². The number of carbonyl (C=O) groups excluding carboxylic acids is 1. The van der Waals surface area contributed by atoms with Gasteiger partial charge in [-0.2, -0.15) is 10.4 Å². The predicted molar refractivity (Wildman–Crippen MR) is 114 cm³/mol. The fourth-order valence-electron chi connectivity index (χ4n) is 3.45. The minimum Gasteiger partial charge on any atom is -0.496 e. The van der Waals surface area contributed by atoms with Crippen LogP contribution in [0.3, 0.4) is 0 Å². The van der Waals surface area contributed by atoms with E-state index in [0.29, 0.717) is 39.7 Å². The Morgan fingerprint density at radius 1 is 1.39 bits per heavy atom. The number of nitrogens with one attached hydrogen (secondary N) is 2. The molecule has 0 bridgehead atoms. The van der Waals surface area contributed by atoms with E-state index < -0.39 is 11.9 Å². The van der Waals surface area contributed by atoms with Gasteiger partial charge in [0.2, 0.25) is 0 Å². The van der Waals surface area contributed by atoms with Crippen LogP contribution in [-0.4, -0.2) is 27.8 Å². The van der Waals surface area contributed by atoms with Gasteiger partial charge >= 0.3 is 0 Å². The lowest BCUT2D eigenvalue weighted by Crippen LogP contribution is -2.08. The number of benzene rings is 1. The van der Waals surface area contributed by atoms with Gasteiger partial charge in [-0.1, -0.05) is 6.07 Å². The number of nitriles is 1. The predicted octanol–water partition coefficient (Wildman–Crippen LogP) is 3.97. The van der Waals surface area contributed by atoms with Crippen molar-refractivity contribution < 1.29 is 13.9 Å². The van der Waals surface area contributed by atoms with Crippen molar-refractivity contribution in [2.24, 2.45) is 0 Å². The number of methoxy groups -OCH3 is 1. The van der Waals surface area contributed by atoms with E-state index in [1.54, 1.807) is 44.4 Å². The molecule has 2 aromatic heterocycles. The Balaban J connectivity index is 1.75. The fourth-order valence-corrected chi connectivity index (χ4v) is 3.45. The Morgan fingerprint density at radius 2 is 2.19 bits per heavy atom. The maximum atomic E-state index is 14.5. The van der Waals surface area contributed by atoms with Gasteiger partial charge in [-0.25, -0.2) is 4.39 Å².